The van der Waals surface area contributed by atoms with Crippen molar-refractivity contribution in [1.82, 2.24) is 9.80 Å². The number of nitrogens with one attached hydrogen (secondary N) is 1. The Morgan fingerprint density at radius 3 is 2.75 bits per heavy atom. The number of hydrogen-bond acceptors (Lipinski definition) is 4. The van der Waals surface area contributed by atoms with Crippen LogP contribution in [-0.4, -0.2) is 54.0 Å². The van der Waals surface area contributed by atoms with Crippen LogP contribution in [0.25, 0.3) is 0 Å². The zero-order valence-corrected chi connectivity index (χ0v) is 14.8. The van der Waals surface area contributed by atoms with E-state index in [4.69, 9.17) is 0 Å². The lowest BCUT2D eigenvalue weighted by Gasteiger charge is -2.21. The molecule has 0 saturated carbocycles. The van der Waals surface area contributed by atoms with Crippen LogP contribution in [0.4, 0.5) is 16.2 Å². The summed E-state index contributed by atoms with van der Waals surface area (Å²) in [6, 6.07) is 3.00. The zero-order valence-electron chi connectivity index (χ0n) is 14.8. The number of likely N-dealkylation sites (tertiary alicyclic amines) is 1. The van der Waals surface area contributed by atoms with Crippen LogP contribution < -0.4 is 5.32 Å². The Hall–Kier alpha value is -2.15. The second-order valence-electron chi connectivity index (χ2n) is 6.60. The number of nitro groups is 1. The average molecular weight is 334 g/mol. The lowest BCUT2D eigenvalue weighted by Crippen LogP contribution is -2.34. The Morgan fingerprint density at radius 1 is 1.42 bits per heavy atom. The summed E-state index contributed by atoms with van der Waals surface area (Å²) in [6.07, 6.45) is 0.991. The van der Waals surface area contributed by atoms with Crippen molar-refractivity contribution in [2.45, 2.75) is 27.2 Å². The van der Waals surface area contributed by atoms with Gasteiger partial charge in [0.2, 0.25) is 0 Å². The van der Waals surface area contributed by atoms with Gasteiger partial charge in [0, 0.05) is 31.3 Å². The van der Waals surface area contributed by atoms with Gasteiger partial charge >= 0.3 is 6.03 Å². The molecule has 2 amide bonds. The molecular weight excluding hydrogens is 308 g/mol. The molecule has 132 valence electrons. The zero-order chi connectivity index (χ0) is 17.9. The summed E-state index contributed by atoms with van der Waals surface area (Å²) in [5.74, 6) is 0.481. The monoisotopic (exact) mass is 334 g/mol. The van der Waals surface area contributed by atoms with Gasteiger partial charge in [-0.3, -0.25) is 10.1 Å². The molecule has 1 N–H and O–H groups in total. The Balaban J connectivity index is 2.03. The van der Waals surface area contributed by atoms with E-state index >= 15 is 0 Å². The number of carbonyl (C=O) groups is 1. The van der Waals surface area contributed by atoms with Gasteiger partial charge in [0.25, 0.3) is 5.69 Å². The molecule has 1 heterocycles. The van der Waals surface area contributed by atoms with E-state index in [0.717, 1.165) is 38.2 Å². The van der Waals surface area contributed by atoms with Gasteiger partial charge in [-0.05, 0) is 51.4 Å². The average Bonchev–Trinajstić information content (AvgIpc) is 2.97. The van der Waals surface area contributed by atoms with E-state index in [2.05, 4.69) is 24.2 Å². The first-order chi connectivity index (χ1) is 11.3. The molecule has 7 heteroatoms. The summed E-state index contributed by atoms with van der Waals surface area (Å²) in [5.41, 5.74) is 1.96. The maximum absolute atomic E-state index is 12.5. The van der Waals surface area contributed by atoms with Crippen LogP contribution in [0.5, 0.6) is 0 Å². The quantitative estimate of drug-likeness (QED) is 0.663. The second kappa shape index (κ2) is 7.61. The van der Waals surface area contributed by atoms with E-state index in [-0.39, 0.29) is 11.7 Å². The smallest absolute Gasteiger partial charge is 0.321 e. The van der Waals surface area contributed by atoms with E-state index in [1.807, 2.05) is 6.92 Å². The molecule has 1 fully saturated rings. The van der Waals surface area contributed by atoms with Crippen molar-refractivity contribution in [3.63, 3.8) is 0 Å². The number of nitrogens with zero attached hydrogens (tertiary/aromatic N) is 3. The van der Waals surface area contributed by atoms with Crippen LogP contribution in [0.15, 0.2) is 12.1 Å². The molecule has 0 bridgehead atoms. The number of urea groups is 1. The summed E-state index contributed by atoms with van der Waals surface area (Å²) in [4.78, 5) is 27.2. The molecule has 24 heavy (non-hydrogen) atoms. The van der Waals surface area contributed by atoms with Gasteiger partial charge in [0.1, 0.15) is 0 Å². The van der Waals surface area contributed by atoms with Crippen molar-refractivity contribution in [3.05, 3.63) is 33.4 Å². The summed E-state index contributed by atoms with van der Waals surface area (Å²) in [6.45, 7) is 9.09. The number of carbonyl (C=O) groups excluding carboxylic acids is 1. The first kappa shape index (κ1) is 18.2. The molecule has 0 spiro atoms. The van der Waals surface area contributed by atoms with Crippen molar-refractivity contribution < 1.29 is 9.72 Å². The van der Waals surface area contributed by atoms with E-state index in [1.165, 1.54) is 6.07 Å². The lowest BCUT2D eigenvalue weighted by atomic mass is 10.1. The van der Waals surface area contributed by atoms with Crippen LogP contribution in [-0.2, 0) is 0 Å². The van der Waals surface area contributed by atoms with Crippen molar-refractivity contribution in [3.8, 4) is 0 Å². The highest BCUT2D eigenvalue weighted by Gasteiger charge is 2.27. The van der Waals surface area contributed by atoms with Gasteiger partial charge in [-0.1, -0.05) is 6.92 Å². The summed E-state index contributed by atoms with van der Waals surface area (Å²) in [7, 11) is 2.08. The molecule has 0 aliphatic carbocycles. The van der Waals surface area contributed by atoms with Gasteiger partial charge in [-0.15, -0.1) is 0 Å². The molecule has 1 aromatic carbocycles. The fraction of sp³-hybridized carbons (Fsp3) is 0.588. The van der Waals surface area contributed by atoms with Gasteiger partial charge in [0.05, 0.1) is 10.6 Å². The van der Waals surface area contributed by atoms with Crippen LogP contribution >= 0.6 is 0 Å². The van der Waals surface area contributed by atoms with Gasteiger partial charge in [-0.25, -0.2) is 4.79 Å². The van der Waals surface area contributed by atoms with Crippen molar-refractivity contribution in [2.75, 3.05) is 38.5 Å². The maximum Gasteiger partial charge on any atom is 0.321 e. The molecular formula is C17H26N4O3. The van der Waals surface area contributed by atoms with Crippen LogP contribution in [0.1, 0.15) is 24.5 Å². The second-order valence-corrected chi connectivity index (χ2v) is 6.60. The number of anilines is 1. The van der Waals surface area contributed by atoms with Crippen molar-refractivity contribution in [2.24, 2.45) is 5.92 Å². The molecule has 1 aliphatic rings. The summed E-state index contributed by atoms with van der Waals surface area (Å²) in [5, 5.41) is 13.9. The Labute approximate surface area is 142 Å². The third-order valence-electron chi connectivity index (χ3n) is 4.66. The number of hydrogen-bond donors (Lipinski definition) is 1. The molecule has 7 nitrogen and oxygen atoms in total. The highest BCUT2D eigenvalue weighted by atomic mass is 16.6. The van der Waals surface area contributed by atoms with E-state index in [1.54, 1.807) is 17.9 Å². The molecule has 2 rings (SSSR count). The number of aryl methyl sites for hydroxylation is 2. The highest BCUT2D eigenvalue weighted by Crippen LogP contribution is 2.27. The van der Waals surface area contributed by atoms with Gasteiger partial charge in [0.15, 0.2) is 0 Å². The first-order valence-corrected chi connectivity index (χ1v) is 8.32. The minimum absolute atomic E-state index is 0.0276. The fourth-order valence-electron chi connectivity index (χ4n) is 3.10. The van der Waals surface area contributed by atoms with Crippen LogP contribution in [0.3, 0.4) is 0 Å². The van der Waals surface area contributed by atoms with E-state index < -0.39 is 4.92 Å². The predicted molar refractivity (Wildman–Crippen MR) is 94.4 cm³/mol. The highest BCUT2D eigenvalue weighted by molar-refractivity contribution is 5.91. The topological polar surface area (TPSA) is 78.7 Å². The summed E-state index contributed by atoms with van der Waals surface area (Å²) >= 11 is 0. The third-order valence-corrected chi connectivity index (χ3v) is 4.66. The van der Waals surface area contributed by atoms with Gasteiger partial charge < -0.3 is 15.1 Å². The predicted octanol–water partition coefficient (Wildman–Crippen LogP) is 3.02. The number of rotatable bonds is 5. The molecule has 1 saturated heterocycles. The Morgan fingerprint density at radius 2 is 2.12 bits per heavy atom. The lowest BCUT2D eigenvalue weighted by molar-refractivity contribution is -0.385. The molecule has 1 atom stereocenters. The molecule has 0 aromatic heterocycles. The molecule has 1 aromatic rings. The van der Waals surface area contributed by atoms with Crippen LogP contribution in [0.2, 0.25) is 0 Å². The molecule has 1 aliphatic heterocycles. The van der Waals surface area contributed by atoms with Crippen molar-refractivity contribution in [1.29, 1.82) is 0 Å². The standard InChI is InChI=1S/C17H26N4O3/c1-5-19(4)10-14-6-7-20(11-14)17(22)18-15-9-16(21(23)24)13(3)8-12(15)2/h8-9,14H,5-7,10-11H2,1-4H3,(H,18,22). The number of nitro benzene ring substituents is 1. The van der Waals surface area contributed by atoms with E-state index in [0.29, 0.717) is 17.2 Å². The minimum Gasteiger partial charge on any atom is -0.324 e. The number of benzene rings is 1. The minimum atomic E-state index is -0.420. The first-order valence-electron chi connectivity index (χ1n) is 8.32. The third kappa shape index (κ3) is 4.23. The normalized spacial score (nSPS) is 17.4. The van der Waals surface area contributed by atoms with E-state index in [9.17, 15) is 14.9 Å². The Kier molecular flexibility index (Phi) is 5.77. The number of amides is 2. The molecule has 0 radical (unpaired) electrons. The fourth-order valence-corrected chi connectivity index (χ4v) is 3.10. The van der Waals surface area contributed by atoms with Crippen LogP contribution in [0, 0.1) is 29.9 Å². The largest absolute Gasteiger partial charge is 0.324 e. The van der Waals surface area contributed by atoms with Gasteiger partial charge in [-0.2, -0.15) is 0 Å². The Bertz CT molecular complexity index is 633. The van der Waals surface area contributed by atoms with Crippen molar-refractivity contribution >= 4 is 17.4 Å². The maximum atomic E-state index is 12.5. The SMILES string of the molecule is CCN(C)CC1CCN(C(=O)Nc2cc([N+](=O)[O-])c(C)cc2C)C1. The molecule has 1 unspecified atom stereocenters. The summed E-state index contributed by atoms with van der Waals surface area (Å²) < 4.78 is 0.